The van der Waals surface area contributed by atoms with E-state index in [4.69, 9.17) is 19.9 Å². The van der Waals surface area contributed by atoms with E-state index in [-0.39, 0.29) is 19.1 Å². The first-order valence-electron chi connectivity index (χ1n) is 13.2. The molecular weight excluding hydrogens is 488 g/mol. The van der Waals surface area contributed by atoms with Crippen LogP contribution in [0.25, 0.3) is 10.9 Å². The van der Waals surface area contributed by atoms with Crippen molar-refractivity contribution < 1.29 is 28.6 Å². The Labute approximate surface area is 223 Å². The second-order valence-electron chi connectivity index (χ2n) is 11.2. The predicted molar refractivity (Wildman–Crippen MR) is 142 cm³/mol. The zero-order chi connectivity index (χ0) is 27.6. The first-order valence-corrected chi connectivity index (χ1v) is 13.2. The first kappa shape index (κ1) is 27.5. The van der Waals surface area contributed by atoms with E-state index in [9.17, 15) is 14.4 Å². The summed E-state index contributed by atoms with van der Waals surface area (Å²) in [6, 6.07) is 3.72. The smallest absolute Gasteiger partial charge is 0.408 e. The van der Waals surface area contributed by atoms with Crippen molar-refractivity contribution in [1.82, 2.24) is 15.2 Å². The molecule has 38 heavy (non-hydrogen) atoms. The van der Waals surface area contributed by atoms with Gasteiger partial charge in [0.15, 0.2) is 0 Å². The highest BCUT2D eigenvalue weighted by molar-refractivity contribution is 5.92. The summed E-state index contributed by atoms with van der Waals surface area (Å²) in [6.07, 6.45) is 4.36. The molecule has 3 atom stereocenters. The lowest BCUT2D eigenvalue weighted by Crippen LogP contribution is -2.57. The molecule has 1 saturated carbocycles. The molecule has 1 aliphatic heterocycles. The number of likely N-dealkylation sites (tertiary alicyclic amines) is 1. The van der Waals surface area contributed by atoms with Crippen LogP contribution in [-0.4, -0.2) is 65.7 Å². The molecule has 1 aromatic carbocycles. The molecule has 3 N–H and O–H groups in total. The Balaban J connectivity index is 1.53. The molecule has 2 aliphatic rings. The van der Waals surface area contributed by atoms with Crippen molar-refractivity contribution >= 4 is 28.8 Å². The molecule has 1 aliphatic carbocycles. The molecule has 3 amide bonds. The van der Waals surface area contributed by atoms with Gasteiger partial charge >= 0.3 is 6.09 Å². The number of carbonyl (C=O) groups excluding carboxylic acids is 3. The molecular formula is C28H38N4O6. The number of rotatable bonds is 7. The van der Waals surface area contributed by atoms with Crippen molar-refractivity contribution in [3.8, 4) is 11.5 Å². The maximum absolute atomic E-state index is 13.8. The van der Waals surface area contributed by atoms with Gasteiger partial charge in [0.05, 0.1) is 19.2 Å². The minimum Gasteiger partial charge on any atom is -0.496 e. The number of nitrogens with zero attached hydrogens (tertiary/aromatic N) is 2. The number of methoxy groups -OCH3 is 1. The third-order valence-corrected chi connectivity index (χ3v) is 7.42. The Kier molecular flexibility index (Phi) is 7.99. The molecule has 0 radical (unpaired) electrons. The number of benzene rings is 1. The van der Waals surface area contributed by atoms with E-state index in [1.165, 1.54) is 4.90 Å². The lowest BCUT2D eigenvalue weighted by Gasteiger charge is -2.34. The molecule has 0 bridgehead atoms. The van der Waals surface area contributed by atoms with Gasteiger partial charge in [-0.1, -0.05) is 20.8 Å². The van der Waals surface area contributed by atoms with Gasteiger partial charge in [0.2, 0.25) is 11.8 Å². The Morgan fingerprint density at radius 3 is 2.45 bits per heavy atom. The van der Waals surface area contributed by atoms with E-state index < -0.39 is 41.5 Å². The van der Waals surface area contributed by atoms with Crippen LogP contribution in [0.2, 0.25) is 0 Å². The zero-order valence-corrected chi connectivity index (χ0v) is 22.8. The maximum atomic E-state index is 13.8. The fourth-order valence-electron chi connectivity index (χ4n) is 5.34. The number of primary amides is 1. The fourth-order valence-corrected chi connectivity index (χ4v) is 5.34. The predicted octanol–water partition coefficient (Wildman–Crippen LogP) is 3.47. The van der Waals surface area contributed by atoms with Gasteiger partial charge in [-0.3, -0.25) is 14.6 Å². The summed E-state index contributed by atoms with van der Waals surface area (Å²) in [5.41, 5.74) is 6.72. The van der Waals surface area contributed by atoms with Crippen molar-refractivity contribution in [1.29, 1.82) is 0 Å². The zero-order valence-electron chi connectivity index (χ0n) is 22.8. The minimum atomic E-state index is -0.908. The largest absolute Gasteiger partial charge is 0.496 e. The summed E-state index contributed by atoms with van der Waals surface area (Å²) in [5.74, 6) is 0.302. The van der Waals surface area contributed by atoms with Crippen LogP contribution >= 0.6 is 0 Å². The van der Waals surface area contributed by atoms with Gasteiger partial charge in [-0.25, -0.2) is 4.79 Å². The molecule has 2 fully saturated rings. The van der Waals surface area contributed by atoms with Crippen LogP contribution < -0.4 is 20.5 Å². The maximum Gasteiger partial charge on any atom is 0.408 e. The highest BCUT2D eigenvalue weighted by Gasteiger charge is 2.45. The number of aromatic nitrogens is 1. The van der Waals surface area contributed by atoms with Gasteiger partial charge < -0.3 is 30.2 Å². The van der Waals surface area contributed by atoms with E-state index in [1.54, 1.807) is 19.4 Å². The van der Waals surface area contributed by atoms with Crippen molar-refractivity contribution in [3.05, 3.63) is 30.0 Å². The summed E-state index contributed by atoms with van der Waals surface area (Å²) >= 11 is 0. The van der Waals surface area contributed by atoms with E-state index in [1.807, 2.05) is 39.8 Å². The number of pyridine rings is 1. The number of aryl methyl sites for hydroxylation is 1. The Morgan fingerprint density at radius 2 is 1.82 bits per heavy atom. The normalized spacial score (nSPS) is 20.8. The molecule has 206 valence electrons. The van der Waals surface area contributed by atoms with Crippen LogP contribution in [0, 0.1) is 12.3 Å². The summed E-state index contributed by atoms with van der Waals surface area (Å²) in [7, 11) is 1.61. The fraction of sp³-hybridized carbons (Fsp3) is 0.571. The minimum absolute atomic E-state index is 0.132. The van der Waals surface area contributed by atoms with E-state index in [2.05, 4.69) is 10.3 Å². The van der Waals surface area contributed by atoms with Crippen LogP contribution in [0.5, 0.6) is 11.5 Å². The third-order valence-electron chi connectivity index (χ3n) is 7.42. The third kappa shape index (κ3) is 5.79. The quantitative estimate of drug-likeness (QED) is 0.564. The highest BCUT2D eigenvalue weighted by atomic mass is 16.6. The second-order valence-corrected chi connectivity index (χ2v) is 11.2. The van der Waals surface area contributed by atoms with Gasteiger partial charge in [-0.05, 0) is 56.2 Å². The average Bonchev–Trinajstić information content (AvgIpc) is 3.52. The molecule has 4 rings (SSSR count). The number of ether oxygens (including phenoxy) is 3. The Bertz CT molecular complexity index is 1200. The van der Waals surface area contributed by atoms with Crippen LogP contribution in [0.3, 0.4) is 0 Å². The average molecular weight is 527 g/mol. The Hall–Kier alpha value is -3.56. The summed E-state index contributed by atoms with van der Waals surface area (Å²) in [6.45, 7) is 7.64. The van der Waals surface area contributed by atoms with Crippen LogP contribution in [0.1, 0.15) is 58.4 Å². The number of alkyl carbamates (subject to hydrolysis) is 1. The Morgan fingerprint density at radius 1 is 1.11 bits per heavy atom. The van der Waals surface area contributed by atoms with Crippen molar-refractivity contribution in [3.63, 3.8) is 0 Å². The molecule has 1 saturated heterocycles. The van der Waals surface area contributed by atoms with Gasteiger partial charge in [-0.2, -0.15) is 0 Å². The number of hydrogen-bond donors (Lipinski definition) is 2. The molecule has 1 aromatic heterocycles. The molecule has 0 spiro atoms. The van der Waals surface area contributed by atoms with Gasteiger partial charge in [-0.15, -0.1) is 0 Å². The molecule has 2 aromatic rings. The van der Waals surface area contributed by atoms with Crippen LogP contribution in [0.15, 0.2) is 24.4 Å². The summed E-state index contributed by atoms with van der Waals surface area (Å²) in [4.78, 5) is 44.7. The topological polar surface area (TPSA) is 133 Å². The molecule has 2 heterocycles. The van der Waals surface area contributed by atoms with Gasteiger partial charge in [0, 0.05) is 23.6 Å². The SMILES string of the molecule is COc1ccc2c(OC3C[C@@H](C(N)=O)N(C(=O)[C@@H](NC(=O)OC4CCCC4)C(C)(C)C)C3)ccnc2c1C. The number of amides is 3. The van der Waals surface area contributed by atoms with Crippen molar-refractivity contribution in [2.75, 3.05) is 13.7 Å². The van der Waals surface area contributed by atoms with Gasteiger partial charge in [0.25, 0.3) is 0 Å². The lowest BCUT2D eigenvalue weighted by atomic mass is 9.85. The van der Waals surface area contributed by atoms with Crippen molar-refractivity contribution in [2.24, 2.45) is 11.1 Å². The van der Waals surface area contributed by atoms with E-state index >= 15 is 0 Å². The highest BCUT2D eigenvalue weighted by Crippen LogP contribution is 2.34. The van der Waals surface area contributed by atoms with Crippen molar-refractivity contribution in [2.45, 2.75) is 84.1 Å². The van der Waals surface area contributed by atoms with Crippen LogP contribution in [0.4, 0.5) is 4.79 Å². The number of nitrogens with two attached hydrogens (primary N) is 1. The monoisotopic (exact) mass is 526 g/mol. The van der Waals surface area contributed by atoms with E-state index in [0.717, 1.165) is 47.9 Å². The number of hydrogen-bond acceptors (Lipinski definition) is 7. The number of carbonyl (C=O) groups is 3. The number of fused-ring (bicyclic) bond motifs is 1. The van der Waals surface area contributed by atoms with Gasteiger partial charge in [0.1, 0.15) is 35.8 Å². The standard InChI is InChI=1S/C28H38N4O6/c1-16-21(36-5)11-10-19-22(12-13-30-23(16)19)37-18-14-20(25(29)33)32(15-18)26(34)24(28(2,3)4)31-27(35)38-17-8-6-7-9-17/h10-13,17-18,20,24H,6-9,14-15H2,1-5H3,(H2,29,33)(H,31,35)/t18?,20-,24+/m0/s1. The molecule has 1 unspecified atom stereocenters. The first-order chi connectivity index (χ1) is 18.0. The second kappa shape index (κ2) is 11.0. The van der Waals surface area contributed by atoms with Crippen LogP contribution in [-0.2, 0) is 14.3 Å². The number of nitrogens with one attached hydrogen (secondary N) is 1. The summed E-state index contributed by atoms with van der Waals surface area (Å²) < 4.78 is 17.3. The van der Waals surface area contributed by atoms with E-state index in [0.29, 0.717) is 5.75 Å². The molecule has 10 nitrogen and oxygen atoms in total. The lowest BCUT2D eigenvalue weighted by molar-refractivity contribution is -0.141. The summed E-state index contributed by atoms with van der Waals surface area (Å²) in [5, 5.41) is 3.56. The molecule has 10 heteroatoms.